The molecule has 0 radical (unpaired) electrons. The van der Waals surface area contributed by atoms with E-state index in [2.05, 4.69) is 74.6 Å². The summed E-state index contributed by atoms with van der Waals surface area (Å²) in [5.41, 5.74) is 1.30. The number of benzene rings is 1. The lowest BCUT2D eigenvalue weighted by atomic mass is 10.1. The molecule has 2 atom stereocenters. The minimum atomic E-state index is 0. The van der Waals surface area contributed by atoms with Crippen LogP contribution in [0.15, 0.2) is 33.7 Å². The lowest BCUT2D eigenvalue weighted by molar-refractivity contribution is 0.554. The quantitative estimate of drug-likeness (QED) is 0.371. The summed E-state index contributed by atoms with van der Waals surface area (Å²) in [5.74, 6) is 1.57. The first-order valence-corrected chi connectivity index (χ1v) is 8.89. The van der Waals surface area contributed by atoms with Gasteiger partial charge in [-0.05, 0) is 43.9 Å². The number of guanidine groups is 1. The predicted molar refractivity (Wildman–Crippen MR) is 114 cm³/mol. The van der Waals surface area contributed by atoms with Crippen molar-refractivity contribution in [3.8, 4) is 0 Å². The molecule has 1 aliphatic heterocycles. The van der Waals surface area contributed by atoms with Crippen molar-refractivity contribution in [3.05, 3.63) is 28.7 Å². The molecule has 1 fully saturated rings. The molecule has 2 rings (SSSR count). The molecule has 4 nitrogen and oxygen atoms in total. The first kappa shape index (κ1) is 20.5. The number of anilines is 1. The zero-order valence-corrected chi connectivity index (χ0v) is 18.1. The van der Waals surface area contributed by atoms with Crippen molar-refractivity contribution in [2.45, 2.75) is 32.7 Å². The molecule has 1 aromatic rings. The Bertz CT molecular complexity index is 509. The monoisotopic (exact) mass is 494 g/mol. The molecule has 2 N–H and O–H groups in total. The molecule has 130 valence electrons. The van der Waals surface area contributed by atoms with Crippen LogP contribution in [-0.4, -0.2) is 38.7 Å². The first-order valence-electron chi connectivity index (χ1n) is 8.10. The van der Waals surface area contributed by atoms with Gasteiger partial charge in [0, 0.05) is 42.9 Å². The predicted octanol–water partition coefficient (Wildman–Crippen LogP) is 3.86. The van der Waals surface area contributed by atoms with E-state index in [1.54, 1.807) is 0 Å². The summed E-state index contributed by atoms with van der Waals surface area (Å²) in [4.78, 5) is 6.76. The van der Waals surface area contributed by atoms with Gasteiger partial charge < -0.3 is 15.5 Å². The van der Waals surface area contributed by atoms with Gasteiger partial charge in [0.25, 0.3) is 0 Å². The summed E-state index contributed by atoms with van der Waals surface area (Å²) in [6.45, 7) is 7.56. The molecule has 0 aromatic heterocycles. The van der Waals surface area contributed by atoms with Crippen LogP contribution in [0, 0.1) is 5.92 Å². The molecule has 1 heterocycles. The Morgan fingerprint density at radius 3 is 2.91 bits per heavy atom. The van der Waals surface area contributed by atoms with Gasteiger partial charge >= 0.3 is 0 Å². The maximum absolute atomic E-state index is 4.30. The van der Waals surface area contributed by atoms with Crippen LogP contribution in [-0.2, 0) is 0 Å². The number of hydrogen-bond donors (Lipinski definition) is 2. The second kappa shape index (κ2) is 10.4. The van der Waals surface area contributed by atoms with Crippen LogP contribution in [0.5, 0.6) is 0 Å². The van der Waals surface area contributed by atoms with E-state index in [-0.39, 0.29) is 24.0 Å². The highest BCUT2D eigenvalue weighted by atomic mass is 127. The summed E-state index contributed by atoms with van der Waals surface area (Å²) >= 11 is 3.55. The number of nitrogens with zero attached hydrogens (tertiary/aromatic N) is 2. The zero-order chi connectivity index (χ0) is 15.9. The SMILES string of the molecule is CCC(C)NC(=NC)NCC1CCN(c2cccc(Br)c2)C1.I. The maximum atomic E-state index is 4.30. The van der Waals surface area contributed by atoms with Gasteiger partial charge in [-0.2, -0.15) is 0 Å². The molecule has 0 saturated carbocycles. The molecule has 6 heteroatoms. The van der Waals surface area contributed by atoms with Crippen molar-refractivity contribution in [1.29, 1.82) is 0 Å². The Morgan fingerprint density at radius 1 is 1.48 bits per heavy atom. The molecule has 0 bridgehead atoms. The molecular weight excluding hydrogens is 467 g/mol. The van der Waals surface area contributed by atoms with Crippen molar-refractivity contribution in [3.63, 3.8) is 0 Å². The molecule has 2 unspecified atom stereocenters. The topological polar surface area (TPSA) is 39.7 Å². The normalized spacial score (nSPS) is 19.2. The Morgan fingerprint density at radius 2 is 2.26 bits per heavy atom. The third-order valence-electron chi connectivity index (χ3n) is 4.24. The lowest BCUT2D eigenvalue weighted by Crippen LogP contribution is -2.43. The van der Waals surface area contributed by atoms with Gasteiger partial charge in [0.15, 0.2) is 5.96 Å². The largest absolute Gasteiger partial charge is 0.371 e. The van der Waals surface area contributed by atoms with Crippen molar-refractivity contribution in [1.82, 2.24) is 10.6 Å². The number of hydrogen-bond acceptors (Lipinski definition) is 2. The average Bonchev–Trinajstić information content (AvgIpc) is 3.00. The number of aliphatic imine (C=N–C) groups is 1. The van der Waals surface area contributed by atoms with Gasteiger partial charge in [0.05, 0.1) is 0 Å². The summed E-state index contributed by atoms with van der Waals surface area (Å²) in [6.07, 6.45) is 2.32. The number of halogens is 2. The summed E-state index contributed by atoms with van der Waals surface area (Å²) < 4.78 is 1.14. The number of rotatable bonds is 5. The molecular formula is C17H28BrIN4. The fraction of sp³-hybridized carbons (Fsp3) is 0.588. The second-order valence-electron chi connectivity index (χ2n) is 5.99. The van der Waals surface area contributed by atoms with Crippen LogP contribution in [0.2, 0.25) is 0 Å². The smallest absolute Gasteiger partial charge is 0.191 e. The van der Waals surface area contributed by atoms with E-state index in [0.717, 1.165) is 36.5 Å². The van der Waals surface area contributed by atoms with Crippen LogP contribution >= 0.6 is 39.9 Å². The summed E-state index contributed by atoms with van der Waals surface area (Å²) in [5, 5.41) is 6.87. The van der Waals surface area contributed by atoms with Gasteiger partial charge in [0.1, 0.15) is 0 Å². The van der Waals surface area contributed by atoms with Gasteiger partial charge in [-0.3, -0.25) is 4.99 Å². The third kappa shape index (κ3) is 6.49. The molecule has 1 aliphatic rings. The molecule has 23 heavy (non-hydrogen) atoms. The minimum absolute atomic E-state index is 0. The van der Waals surface area contributed by atoms with Gasteiger partial charge in [0.2, 0.25) is 0 Å². The Hall–Kier alpha value is -0.500. The second-order valence-corrected chi connectivity index (χ2v) is 6.90. The van der Waals surface area contributed by atoms with Gasteiger partial charge in [-0.15, -0.1) is 24.0 Å². The van der Waals surface area contributed by atoms with E-state index < -0.39 is 0 Å². The highest BCUT2D eigenvalue weighted by Gasteiger charge is 2.23. The number of nitrogens with one attached hydrogen (secondary N) is 2. The average molecular weight is 495 g/mol. The van der Waals surface area contributed by atoms with Crippen LogP contribution in [0.1, 0.15) is 26.7 Å². The fourth-order valence-corrected chi connectivity index (χ4v) is 3.06. The van der Waals surface area contributed by atoms with Gasteiger partial charge in [-0.25, -0.2) is 0 Å². The van der Waals surface area contributed by atoms with Crippen molar-refractivity contribution in [2.24, 2.45) is 10.9 Å². The molecule has 0 aliphatic carbocycles. The summed E-state index contributed by atoms with van der Waals surface area (Å²) in [6, 6.07) is 9.00. The highest BCUT2D eigenvalue weighted by molar-refractivity contribution is 14.0. The van der Waals surface area contributed by atoms with Crippen LogP contribution in [0.25, 0.3) is 0 Å². The fourth-order valence-electron chi connectivity index (χ4n) is 2.68. The Kier molecular flexibility index (Phi) is 9.27. The Labute approximate surface area is 165 Å². The molecule has 0 amide bonds. The standard InChI is InChI=1S/C17H27BrN4.HI/c1-4-13(2)21-17(19-3)20-11-14-8-9-22(12-14)16-7-5-6-15(18)10-16;/h5-7,10,13-14H,4,8-9,11-12H2,1-3H3,(H2,19,20,21);1H. The van der Waals surface area contributed by atoms with Gasteiger partial charge in [-0.1, -0.05) is 28.9 Å². The van der Waals surface area contributed by atoms with E-state index in [1.165, 1.54) is 12.1 Å². The maximum Gasteiger partial charge on any atom is 0.191 e. The Balaban J connectivity index is 0.00000264. The highest BCUT2D eigenvalue weighted by Crippen LogP contribution is 2.25. The third-order valence-corrected chi connectivity index (χ3v) is 4.73. The van der Waals surface area contributed by atoms with Crippen molar-refractivity contribution >= 4 is 51.6 Å². The van der Waals surface area contributed by atoms with Crippen LogP contribution in [0.4, 0.5) is 5.69 Å². The van der Waals surface area contributed by atoms with E-state index >= 15 is 0 Å². The zero-order valence-electron chi connectivity index (χ0n) is 14.2. The van der Waals surface area contributed by atoms with E-state index in [1.807, 2.05) is 7.05 Å². The van der Waals surface area contributed by atoms with Crippen molar-refractivity contribution < 1.29 is 0 Å². The first-order chi connectivity index (χ1) is 10.6. The van der Waals surface area contributed by atoms with Crippen molar-refractivity contribution in [2.75, 3.05) is 31.6 Å². The molecule has 1 aromatic carbocycles. The summed E-state index contributed by atoms with van der Waals surface area (Å²) in [7, 11) is 1.83. The molecule has 0 spiro atoms. The van der Waals surface area contributed by atoms with E-state index in [9.17, 15) is 0 Å². The van der Waals surface area contributed by atoms with E-state index in [4.69, 9.17) is 0 Å². The molecule has 1 saturated heterocycles. The van der Waals surface area contributed by atoms with Crippen LogP contribution < -0.4 is 15.5 Å². The van der Waals surface area contributed by atoms with Crippen LogP contribution in [0.3, 0.4) is 0 Å². The van der Waals surface area contributed by atoms with E-state index in [0.29, 0.717) is 12.0 Å². The minimum Gasteiger partial charge on any atom is -0.371 e. The lowest BCUT2D eigenvalue weighted by Gasteiger charge is -2.20.